The third kappa shape index (κ3) is 4.75. The van der Waals surface area contributed by atoms with Crippen molar-refractivity contribution in [3.8, 4) is 0 Å². The van der Waals surface area contributed by atoms with Crippen LogP contribution in [0.2, 0.25) is 0 Å². The van der Waals surface area contributed by atoms with Gasteiger partial charge < -0.3 is 10.4 Å². The van der Waals surface area contributed by atoms with Gasteiger partial charge in [-0.1, -0.05) is 35.4 Å². The van der Waals surface area contributed by atoms with Gasteiger partial charge in [0.2, 0.25) is 0 Å². The summed E-state index contributed by atoms with van der Waals surface area (Å²) in [7, 11) is 0. The van der Waals surface area contributed by atoms with Crippen LogP contribution in [-0.4, -0.2) is 17.6 Å². The van der Waals surface area contributed by atoms with Gasteiger partial charge in [-0.25, -0.2) is 4.79 Å². The predicted octanol–water partition coefficient (Wildman–Crippen LogP) is 2.12. The van der Waals surface area contributed by atoms with Crippen LogP contribution >= 0.6 is 0 Å². The van der Waals surface area contributed by atoms with Crippen molar-refractivity contribution < 1.29 is 9.90 Å². The van der Waals surface area contributed by atoms with Gasteiger partial charge in [0.05, 0.1) is 0 Å². The Morgan fingerprint density at radius 2 is 2.00 bits per heavy atom. The molecule has 0 spiro atoms. The lowest BCUT2D eigenvalue weighted by molar-refractivity contribution is -0.131. The quantitative estimate of drug-likeness (QED) is 0.746. The number of hydrogen-bond donors (Lipinski definition) is 2. The molecule has 2 N–H and O–H groups in total. The van der Waals surface area contributed by atoms with Gasteiger partial charge in [-0.15, -0.1) is 0 Å². The molecule has 0 saturated carbocycles. The summed E-state index contributed by atoms with van der Waals surface area (Å²) in [5, 5.41) is 11.7. The first-order valence-electron chi connectivity index (χ1n) is 5.24. The molecule has 0 amide bonds. The summed E-state index contributed by atoms with van der Waals surface area (Å²) in [6.45, 7) is 5.21. The van der Waals surface area contributed by atoms with E-state index in [2.05, 4.69) is 36.5 Å². The Balaban J connectivity index is 2.36. The Bertz CT molecular complexity index is 379. The average molecular weight is 219 g/mol. The second-order valence-electron chi connectivity index (χ2n) is 3.92. The maximum atomic E-state index is 10.4. The van der Waals surface area contributed by atoms with Gasteiger partial charge in [-0.3, -0.25) is 0 Å². The van der Waals surface area contributed by atoms with E-state index >= 15 is 0 Å². The summed E-state index contributed by atoms with van der Waals surface area (Å²) >= 11 is 0. The molecule has 0 saturated heterocycles. The van der Waals surface area contributed by atoms with Crippen molar-refractivity contribution in [3.63, 3.8) is 0 Å². The maximum absolute atomic E-state index is 10.4. The van der Waals surface area contributed by atoms with Crippen molar-refractivity contribution >= 4 is 5.97 Å². The zero-order valence-corrected chi connectivity index (χ0v) is 9.66. The lowest BCUT2D eigenvalue weighted by atomic mass is 10.1. The van der Waals surface area contributed by atoms with E-state index in [-0.39, 0.29) is 0 Å². The van der Waals surface area contributed by atoms with E-state index in [0.29, 0.717) is 6.54 Å². The molecule has 0 radical (unpaired) electrons. The second-order valence-corrected chi connectivity index (χ2v) is 3.92. The molecular weight excluding hydrogens is 202 g/mol. The average Bonchev–Trinajstić information content (AvgIpc) is 2.20. The normalized spacial score (nSPS) is 11.5. The molecule has 0 aliphatic rings. The predicted molar refractivity (Wildman–Crippen MR) is 64.3 cm³/mol. The van der Waals surface area contributed by atoms with Crippen molar-refractivity contribution in [2.24, 2.45) is 0 Å². The highest BCUT2D eigenvalue weighted by molar-refractivity contribution is 5.80. The third-order valence-corrected chi connectivity index (χ3v) is 2.22. The fraction of sp³-hybridized carbons (Fsp3) is 0.308. The highest BCUT2D eigenvalue weighted by atomic mass is 16.4. The molecule has 0 unspecified atom stereocenters. The zero-order valence-electron chi connectivity index (χ0n) is 9.66. The Morgan fingerprint density at radius 1 is 1.38 bits per heavy atom. The second kappa shape index (κ2) is 6.08. The largest absolute Gasteiger partial charge is 0.478 e. The molecule has 0 fully saturated rings. The van der Waals surface area contributed by atoms with Gasteiger partial charge in [0.15, 0.2) is 0 Å². The fourth-order valence-corrected chi connectivity index (χ4v) is 1.37. The maximum Gasteiger partial charge on any atom is 0.328 e. The van der Waals surface area contributed by atoms with E-state index < -0.39 is 5.97 Å². The number of carbonyl (C=O) groups is 1. The summed E-state index contributed by atoms with van der Waals surface area (Å²) in [6, 6.07) is 8.27. The number of hydrogen-bond acceptors (Lipinski definition) is 2. The topological polar surface area (TPSA) is 49.3 Å². The number of aliphatic carboxylic acids is 1. The Kier molecular flexibility index (Phi) is 4.73. The number of aryl methyl sites for hydroxylation is 1. The standard InChI is InChI=1S/C13H17NO2/c1-10-3-5-12(6-4-10)9-14-8-11(2)7-13(15)16/h3-7,14H,8-9H2,1-2H3,(H,15,16)/b11-7-. The van der Waals surface area contributed by atoms with E-state index in [1.54, 1.807) is 6.92 Å². The summed E-state index contributed by atoms with van der Waals surface area (Å²) < 4.78 is 0. The van der Waals surface area contributed by atoms with E-state index in [4.69, 9.17) is 5.11 Å². The first kappa shape index (κ1) is 12.5. The molecule has 16 heavy (non-hydrogen) atoms. The highest BCUT2D eigenvalue weighted by Gasteiger charge is 1.95. The number of carboxylic acids is 1. The minimum Gasteiger partial charge on any atom is -0.478 e. The minimum atomic E-state index is -0.894. The summed E-state index contributed by atoms with van der Waals surface area (Å²) in [6.07, 6.45) is 1.22. The molecule has 0 aliphatic carbocycles. The van der Waals surface area contributed by atoms with E-state index in [0.717, 1.165) is 12.1 Å². The highest BCUT2D eigenvalue weighted by Crippen LogP contribution is 2.02. The van der Waals surface area contributed by atoms with Crippen LogP contribution in [-0.2, 0) is 11.3 Å². The Labute approximate surface area is 95.8 Å². The summed E-state index contributed by atoms with van der Waals surface area (Å²) in [5.74, 6) is -0.894. The lowest BCUT2D eigenvalue weighted by Crippen LogP contribution is -2.16. The van der Waals surface area contributed by atoms with Gasteiger partial charge in [-0.2, -0.15) is 0 Å². The van der Waals surface area contributed by atoms with Gasteiger partial charge in [0, 0.05) is 19.2 Å². The van der Waals surface area contributed by atoms with Gasteiger partial charge in [0.25, 0.3) is 0 Å². The SMILES string of the molecule is C/C(=C/C(=O)O)CNCc1ccc(C)cc1. The monoisotopic (exact) mass is 219 g/mol. The lowest BCUT2D eigenvalue weighted by Gasteiger charge is -2.05. The van der Waals surface area contributed by atoms with Crippen molar-refractivity contribution in [2.75, 3.05) is 6.54 Å². The van der Waals surface area contributed by atoms with Crippen LogP contribution in [0.5, 0.6) is 0 Å². The molecule has 0 bridgehead atoms. The summed E-state index contributed by atoms with van der Waals surface area (Å²) in [5.41, 5.74) is 3.26. The molecule has 3 heteroatoms. The van der Waals surface area contributed by atoms with Crippen molar-refractivity contribution in [1.82, 2.24) is 5.32 Å². The molecule has 0 atom stereocenters. The van der Waals surface area contributed by atoms with E-state index in [1.807, 2.05) is 0 Å². The number of nitrogens with one attached hydrogen (secondary N) is 1. The molecule has 1 aromatic carbocycles. The van der Waals surface area contributed by atoms with Crippen molar-refractivity contribution in [1.29, 1.82) is 0 Å². The number of carboxylic acid groups (broad SMARTS) is 1. The van der Waals surface area contributed by atoms with Crippen LogP contribution in [0.25, 0.3) is 0 Å². The van der Waals surface area contributed by atoms with E-state index in [9.17, 15) is 4.79 Å². The van der Waals surface area contributed by atoms with Crippen LogP contribution in [0.3, 0.4) is 0 Å². The minimum absolute atomic E-state index is 0.597. The smallest absolute Gasteiger partial charge is 0.328 e. The third-order valence-electron chi connectivity index (χ3n) is 2.22. The molecule has 1 aromatic rings. The molecular formula is C13H17NO2. The van der Waals surface area contributed by atoms with Gasteiger partial charge in [0.1, 0.15) is 0 Å². The van der Waals surface area contributed by atoms with Crippen molar-refractivity contribution in [2.45, 2.75) is 20.4 Å². The number of rotatable bonds is 5. The van der Waals surface area contributed by atoms with Crippen LogP contribution in [0.15, 0.2) is 35.9 Å². The zero-order chi connectivity index (χ0) is 12.0. The molecule has 3 nitrogen and oxygen atoms in total. The van der Waals surface area contributed by atoms with Crippen LogP contribution in [0.1, 0.15) is 18.1 Å². The Hall–Kier alpha value is -1.61. The molecule has 0 heterocycles. The molecule has 0 aliphatic heterocycles. The first-order valence-corrected chi connectivity index (χ1v) is 5.24. The summed E-state index contributed by atoms with van der Waals surface area (Å²) in [4.78, 5) is 10.4. The molecule has 86 valence electrons. The first-order chi connectivity index (χ1) is 7.58. The van der Waals surface area contributed by atoms with E-state index in [1.165, 1.54) is 17.2 Å². The van der Waals surface area contributed by atoms with Gasteiger partial charge >= 0.3 is 5.97 Å². The van der Waals surface area contributed by atoms with Crippen LogP contribution in [0, 0.1) is 6.92 Å². The fourth-order valence-electron chi connectivity index (χ4n) is 1.37. The van der Waals surface area contributed by atoms with Crippen LogP contribution < -0.4 is 5.32 Å². The number of benzene rings is 1. The molecule has 1 rings (SSSR count). The van der Waals surface area contributed by atoms with Gasteiger partial charge in [-0.05, 0) is 19.4 Å². The Morgan fingerprint density at radius 3 is 2.56 bits per heavy atom. The van der Waals surface area contributed by atoms with Crippen molar-refractivity contribution in [3.05, 3.63) is 47.0 Å². The van der Waals surface area contributed by atoms with Crippen LogP contribution in [0.4, 0.5) is 0 Å². The molecule has 0 aromatic heterocycles.